The zero-order valence-electron chi connectivity index (χ0n) is 8.63. The molecule has 0 saturated heterocycles. The number of hydrogen-bond donors (Lipinski definition) is 2. The molecule has 2 heteroatoms. The molecule has 2 rings (SSSR count). The summed E-state index contributed by atoms with van der Waals surface area (Å²) < 4.78 is 0. The fourth-order valence-corrected chi connectivity index (χ4v) is 1.96. The second kappa shape index (κ2) is 4.60. The molecule has 0 heterocycles. The summed E-state index contributed by atoms with van der Waals surface area (Å²) in [4.78, 5) is 0. The number of aliphatic hydroxyl groups excluding tert-OH is 2. The fraction of sp³-hybridized carbons (Fsp3) is 0.385. The smallest absolute Gasteiger partial charge is 0.0755 e. The Morgan fingerprint density at radius 3 is 2.53 bits per heavy atom. The summed E-state index contributed by atoms with van der Waals surface area (Å²) in [5, 5.41) is 19.3. The van der Waals surface area contributed by atoms with Crippen LogP contribution >= 0.6 is 0 Å². The predicted molar refractivity (Wildman–Crippen MR) is 59.5 cm³/mol. The van der Waals surface area contributed by atoms with Gasteiger partial charge in [-0.05, 0) is 30.4 Å². The summed E-state index contributed by atoms with van der Waals surface area (Å²) in [6.07, 6.45) is 3.10. The fourth-order valence-electron chi connectivity index (χ4n) is 1.96. The lowest BCUT2D eigenvalue weighted by molar-refractivity contribution is 0.135. The number of aliphatic hydroxyl groups is 2. The van der Waals surface area contributed by atoms with E-state index in [9.17, 15) is 10.2 Å². The Hall–Kier alpha value is -1.12. The Labute approximate surface area is 89.9 Å². The van der Waals surface area contributed by atoms with Crippen LogP contribution in [0.25, 0.3) is 0 Å². The van der Waals surface area contributed by atoms with Gasteiger partial charge in [0, 0.05) is 0 Å². The Morgan fingerprint density at radius 2 is 1.80 bits per heavy atom. The van der Waals surface area contributed by atoms with Gasteiger partial charge in [-0.25, -0.2) is 0 Å². The van der Waals surface area contributed by atoms with E-state index in [2.05, 4.69) is 0 Å². The zero-order valence-corrected chi connectivity index (χ0v) is 8.63. The SMILES string of the molecule is O[C@H]1C=C(Cc2ccccc2)[C@@H](O)CC1. The average molecular weight is 204 g/mol. The van der Waals surface area contributed by atoms with Crippen molar-refractivity contribution in [3.8, 4) is 0 Å². The maximum absolute atomic E-state index is 9.77. The third-order valence-corrected chi connectivity index (χ3v) is 2.82. The van der Waals surface area contributed by atoms with E-state index in [0.29, 0.717) is 12.8 Å². The highest BCUT2D eigenvalue weighted by Crippen LogP contribution is 2.22. The van der Waals surface area contributed by atoms with Crippen LogP contribution < -0.4 is 0 Å². The second-order valence-corrected chi connectivity index (χ2v) is 4.06. The van der Waals surface area contributed by atoms with Crippen molar-refractivity contribution in [2.75, 3.05) is 0 Å². The van der Waals surface area contributed by atoms with E-state index in [1.807, 2.05) is 30.3 Å². The van der Waals surface area contributed by atoms with Gasteiger partial charge in [-0.15, -0.1) is 0 Å². The van der Waals surface area contributed by atoms with Gasteiger partial charge in [0.15, 0.2) is 0 Å². The van der Waals surface area contributed by atoms with Gasteiger partial charge in [-0.2, -0.15) is 0 Å². The molecule has 2 atom stereocenters. The molecule has 0 aliphatic heterocycles. The second-order valence-electron chi connectivity index (χ2n) is 4.06. The van der Waals surface area contributed by atoms with Crippen molar-refractivity contribution in [3.63, 3.8) is 0 Å². The van der Waals surface area contributed by atoms with Crippen molar-refractivity contribution >= 4 is 0 Å². The molecule has 0 aromatic heterocycles. The minimum absolute atomic E-state index is 0.381. The van der Waals surface area contributed by atoms with Gasteiger partial charge in [0.1, 0.15) is 0 Å². The van der Waals surface area contributed by atoms with Crippen molar-refractivity contribution < 1.29 is 10.2 Å². The Morgan fingerprint density at radius 1 is 1.07 bits per heavy atom. The van der Waals surface area contributed by atoms with Crippen molar-refractivity contribution in [2.45, 2.75) is 31.5 Å². The molecule has 15 heavy (non-hydrogen) atoms. The molecule has 0 radical (unpaired) electrons. The predicted octanol–water partition coefficient (Wildman–Crippen LogP) is 1.67. The summed E-state index contributed by atoms with van der Waals surface area (Å²) in [7, 11) is 0. The molecule has 1 aromatic rings. The minimum Gasteiger partial charge on any atom is -0.389 e. The molecule has 1 aromatic carbocycles. The monoisotopic (exact) mass is 204 g/mol. The topological polar surface area (TPSA) is 40.5 Å². The van der Waals surface area contributed by atoms with E-state index < -0.39 is 0 Å². The van der Waals surface area contributed by atoms with Crippen molar-refractivity contribution in [2.24, 2.45) is 0 Å². The zero-order chi connectivity index (χ0) is 10.7. The molecule has 2 nitrogen and oxygen atoms in total. The molecular formula is C13H16O2. The minimum atomic E-state index is -0.382. The van der Waals surface area contributed by atoms with Crippen LogP contribution in [0.1, 0.15) is 18.4 Å². The summed E-state index contributed by atoms with van der Waals surface area (Å²) in [5.74, 6) is 0. The lowest BCUT2D eigenvalue weighted by Gasteiger charge is -2.22. The highest BCUT2D eigenvalue weighted by atomic mass is 16.3. The van der Waals surface area contributed by atoms with Crippen molar-refractivity contribution in [3.05, 3.63) is 47.5 Å². The van der Waals surface area contributed by atoms with Gasteiger partial charge >= 0.3 is 0 Å². The molecular weight excluding hydrogens is 188 g/mol. The van der Waals surface area contributed by atoms with Crippen LogP contribution in [0.4, 0.5) is 0 Å². The number of hydrogen-bond acceptors (Lipinski definition) is 2. The van der Waals surface area contributed by atoms with E-state index in [0.717, 1.165) is 12.0 Å². The summed E-state index contributed by atoms with van der Waals surface area (Å²) in [5.41, 5.74) is 2.12. The highest BCUT2D eigenvalue weighted by Gasteiger charge is 2.19. The van der Waals surface area contributed by atoms with Gasteiger partial charge in [-0.3, -0.25) is 0 Å². The first-order chi connectivity index (χ1) is 7.25. The maximum atomic E-state index is 9.77. The highest BCUT2D eigenvalue weighted by molar-refractivity contribution is 5.25. The Kier molecular flexibility index (Phi) is 3.19. The molecule has 0 spiro atoms. The first-order valence-electron chi connectivity index (χ1n) is 5.36. The Balaban J connectivity index is 2.11. The molecule has 0 amide bonds. The van der Waals surface area contributed by atoms with Gasteiger partial charge in [0.05, 0.1) is 12.2 Å². The van der Waals surface area contributed by atoms with Crippen molar-refractivity contribution in [1.29, 1.82) is 0 Å². The van der Waals surface area contributed by atoms with Crippen LogP contribution in [0, 0.1) is 0 Å². The molecule has 1 aliphatic rings. The van der Waals surface area contributed by atoms with Gasteiger partial charge in [-0.1, -0.05) is 36.4 Å². The van der Waals surface area contributed by atoms with E-state index in [1.54, 1.807) is 6.08 Å². The van der Waals surface area contributed by atoms with Crippen LogP contribution in [0.5, 0.6) is 0 Å². The standard InChI is InChI=1S/C13H16O2/c14-12-6-7-13(15)11(9-12)8-10-4-2-1-3-5-10/h1-5,9,12-15H,6-8H2/t12-,13+/m1/s1. The van der Waals surface area contributed by atoms with Crippen LogP contribution in [0.2, 0.25) is 0 Å². The van der Waals surface area contributed by atoms with Crippen LogP contribution in [0.3, 0.4) is 0 Å². The van der Waals surface area contributed by atoms with E-state index >= 15 is 0 Å². The molecule has 0 unspecified atom stereocenters. The Bertz CT molecular complexity index is 343. The normalized spacial score (nSPS) is 26.1. The summed E-state index contributed by atoms with van der Waals surface area (Å²) in [6.45, 7) is 0. The van der Waals surface area contributed by atoms with Gasteiger partial charge in [0.25, 0.3) is 0 Å². The van der Waals surface area contributed by atoms with Crippen LogP contribution in [-0.2, 0) is 6.42 Å². The summed E-state index contributed by atoms with van der Waals surface area (Å²) >= 11 is 0. The maximum Gasteiger partial charge on any atom is 0.0755 e. The first kappa shape index (κ1) is 10.4. The number of benzene rings is 1. The van der Waals surface area contributed by atoms with Crippen LogP contribution in [-0.4, -0.2) is 22.4 Å². The lowest BCUT2D eigenvalue weighted by atomic mass is 9.90. The molecule has 80 valence electrons. The summed E-state index contributed by atoms with van der Waals surface area (Å²) in [6, 6.07) is 10.0. The van der Waals surface area contributed by atoms with Crippen LogP contribution in [0.15, 0.2) is 42.0 Å². The quantitative estimate of drug-likeness (QED) is 0.719. The lowest BCUT2D eigenvalue weighted by Crippen LogP contribution is -2.22. The molecule has 1 aliphatic carbocycles. The molecule has 0 bridgehead atoms. The average Bonchev–Trinajstić information content (AvgIpc) is 2.25. The van der Waals surface area contributed by atoms with E-state index in [4.69, 9.17) is 0 Å². The van der Waals surface area contributed by atoms with Gasteiger partial charge in [0.2, 0.25) is 0 Å². The van der Waals surface area contributed by atoms with Crippen molar-refractivity contribution in [1.82, 2.24) is 0 Å². The molecule has 2 N–H and O–H groups in total. The van der Waals surface area contributed by atoms with Gasteiger partial charge < -0.3 is 10.2 Å². The first-order valence-corrected chi connectivity index (χ1v) is 5.36. The number of rotatable bonds is 2. The van der Waals surface area contributed by atoms with E-state index in [-0.39, 0.29) is 12.2 Å². The largest absolute Gasteiger partial charge is 0.389 e. The third-order valence-electron chi connectivity index (χ3n) is 2.82. The molecule has 0 fully saturated rings. The third kappa shape index (κ3) is 2.67. The van der Waals surface area contributed by atoms with E-state index in [1.165, 1.54) is 5.56 Å². The molecule has 0 saturated carbocycles.